The highest BCUT2D eigenvalue weighted by molar-refractivity contribution is 6.32. The highest BCUT2D eigenvalue weighted by Gasteiger charge is 2.21. The van der Waals surface area contributed by atoms with Gasteiger partial charge in [0.25, 0.3) is 5.56 Å². The SMILES string of the molecule is C#CCn1ncc(Cl)c(NCC2CCN(CC)C2)c1=O. The zero-order valence-electron chi connectivity index (χ0n) is 11.6. The van der Waals surface area contributed by atoms with Crippen LogP contribution in [0.15, 0.2) is 11.0 Å². The smallest absolute Gasteiger partial charge is 0.292 e. The number of rotatable bonds is 5. The van der Waals surface area contributed by atoms with Gasteiger partial charge in [-0.1, -0.05) is 24.4 Å². The molecule has 1 unspecified atom stereocenters. The summed E-state index contributed by atoms with van der Waals surface area (Å²) in [6.07, 6.45) is 7.81. The average Bonchev–Trinajstić information content (AvgIpc) is 2.90. The van der Waals surface area contributed by atoms with Gasteiger partial charge in [0.1, 0.15) is 12.2 Å². The lowest BCUT2D eigenvalue weighted by atomic mass is 10.1. The molecule has 0 bridgehead atoms. The molecule has 1 aromatic heterocycles. The lowest BCUT2D eigenvalue weighted by Crippen LogP contribution is -2.28. The van der Waals surface area contributed by atoms with E-state index in [2.05, 4.69) is 28.2 Å². The van der Waals surface area contributed by atoms with Crippen molar-refractivity contribution in [3.8, 4) is 12.3 Å². The first kappa shape index (κ1) is 14.9. The molecule has 6 heteroatoms. The van der Waals surface area contributed by atoms with Gasteiger partial charge >= 0.3 is 0 Å². The van der Waals surface area contributed by atoms with E-state index < -0.39 is 0 Å². The Hall–Kier alpha value is -1.51. The van der Waals surface area contributed by atoms with E-state index in [9.17, 15) is 4.79 Å². The summed E-state index contributed by atoms with van der Waals surface area (Å²) in [6, 6.07) is 0. The molecule has 1 saturated heterocycles. The van der Waals surface area contributed by atoms with Crippen LogP contribution in [0.1, 0.15) is 13.3 Å². The van der Waals surface area contributed by atoms with Gasteiger partial charge in [0.2, 0.25) is 0 Å². The first-order chi connectivity index (χ1) is 9.65. The third kappa shape index (κ3) is 3.33. The van der Waals surface area contributed by atoms with Gasteiger partial charge in [0.15, 0.2) is 0 Å². The van der Waals surface area contributed by atoms with Gasteiger partial charge in [-0.25, -0.2) is 4.68 Å². The van der Waals surface area contributed by atoms with E-state index in [1.54, 1.807) is 0 Å². The lowest BCUT2D eigenvalue weighted by molar-refractivity contribution is 0.345. The van der Waals surface area contributed by atoms with Gasteiger partial charge in [-0.15, -0.1) is 6.42 Å². The Labute approximate surface area is 123 Å². The van der Waals surface area contributed by atoms with Crippen LogP contribution in [-0.2, 0) is 6.54 Å². The number of likely N-dealkylation sites (tertiary alicyclic amines) is 1. The van der Waals surface area contributed by atoms with Crippen LogP contribution in [0.4, 0.5) is 5.69 Å². The monoisotopic (exact) mass is 294 g/mol. The van der Waals surface area contributed by atoms with Crippen LogP contribution in [0, 0.1) is 18.3 Å². The highest BCUT2D eigenvalue weighted by atomic mass is 35.5. The maximum Gasteiger partial charge on any atom is 0.292 e. The molecule has 1 aliphatic rings. The van der Waals surface area contributed by atoms with Crippen molar-refractivity contribution in [2.75, 3.05) is 31.5 Å². The molecule has 1 N–H and O–H groups in total. The van der Waals surface area contributed by atoms with E-state index in [-0.39, 0.29) is 12.1 Å². The number of hydrogen-bond donors (Lipinski definition) is 1. The van der Waals surface area contributed by atoms with E-state index in [4.69, 9.17) is 18.0 Å². The minimum atomic E-state index is -0.263. The normalized spacial score (nSPS) is 18.9. The Morgan fingerprint density at radius 3 is 3.10 bits per heavy atom. The van der Waals surface area contributed by atoms with E-state index >= 15 is 0 Å². The molecular formula is C14H19ClN4O. The fourth-order valence-electron chi connectivity index (χ4n) is 2.44. The van der Waals surface area contributed by atoms with Crippen LogP contribution in [0.2, 0.25) is 5.02 Å². The van der Waals surface area contributed by atoms with E-state index in [0.717, 1.165) is 32.6 Å². The molecule has 2 heterocycles. The summed E-state index contributed by atoms with van der Waals surface area (Å²) in [7, 11) is 0. The van der Waals surface area contributed by atoms with Gasteiger partial charge < -0.3 is 10.2 Å². The van der Waals surface area contributed by atoms with Crippen molar-refractivity contribution in [2.45, 2.75) is 19.9 Å². The van der Waals surface area contributed by atoms with Gasteiger partial charge in [0, 0.05) is 13.1 Å². The summed E-state index contributed by atoms with van der Waals surface area (Å²) >= 11 is 6.04. The Balaban J connectivity index is 2.04. The summed E-state index contributed by atoms with van der Waals surface area (Å²) in [5.41, 5.74) is 0.132. The molecule has 0 aliphatic carbocycles. The minimum absolute atomic E-state index is 0.151. The molecule has 5 nitrogen and oxygen atoms in total. The molecule has 1 atom stereocenters. The van der Waals surface area contributed by atoms with Gasteiger partial charge in [0.05, 0.1) is 11.2 Å². The first-order valence-electron chi connectivity index (χ1n) is 6.81. The first-order valence-corrected chi connectivity index (χ1v) is 7.18. The Morgan fingerprint density at radius 2 is 2.45 bits per heavy atom. The molecule has 1 aromatic rings. The second-order valence-corrected chi connectivity index (χ2v) is 5.37. The van der Waals surface area contributed by atoms with Crippen LogP contribution in [0.25, 0.3) is 0 Å². The summed E-state index contributed by atoms with van der Waals surface area (Å²) in [5.74, 6) is 2.95. The van der Waals surface area contributed by atoms with E-state index in [1.165, 1.54) is 10.9 Å². The molecule has 20 heavy (non-hydrogen) atoms. The number of anilines is 1. The van der Waals surface area contributed by atoms with Gasteiger partial charge in [-0.3, -0.25) is 4.79 Å². The number of halogens is 1. The molecule has 0 aromatic carbocycles. The number of nitrogens with one attached hydrogen (secondary N) is 1. The Bertz CT molecular complexity index is 563. The van der Waals surface area contributed by atoms with Crippen molar-refractivity contribution < 1.29 is 0 Å². The number of aromatic nitrogens is 2. The highest BCUT2D eigenvalue weighted by Crippen LogP contribution is 2.19. The van der Waals surface area contributed by atoms with Crippen molar-refractivity contribution in [2.24, 2.45) is 5.92 Å². The standard InChI is InChI=1S/C14H19ClN4O/c1-3-6-19-14(20)13(12(15)9-17-19)16-8-11-5-7-18(4-2)10-11/h1,9,11,16H,4-8,10H2,2H3. The molecule has 0 radical (unpaired) electrons. The summed E-state index contributed by atoms with van der Waals surface area (Å²) < 4.78 is 1.24. The second-order valence-electron chi connectivity index (χ2n) is 4.96. The topological polar surface area (TPSA) is 50.2 Å². The average molecular weight is 295 g/mol. The zero-order valence-corrected chi connectivity index (χ0v) is 12.4. The van der Waals surface area contributed by atoms with Crippen LogP contribution in [-0.4, -0.2) is 40.9 Å². The number of nitrogens with zero attached hydrogens (tertiary/aromatic N) is 3. The Morgan fingerprint density at radius 1 is 1.65 bits per heavy atom. The molecule has 2 rings (SSSR count). The fourth-order valence-corrected chi connectivity index (χ4v) is 2.63. The van der Waals surface area contributed by atoms with Crippen molar-refractivity contribution in [3.63, 3.8) is 0 Å². The summed E-state index contributed by atoms with van der Waals surface area (Å²) in [4.78, 5) is 14.6. The molecule has 1 aliphatic heterocycles. The molecule has 0 amide bonds. The molecule has 108 valence electrons. The second kappa shape index (κ2) is 6.78. The van der Waals surface area contributed by atoms with Crippen molar-refractivity contribution in [3.05, 3.63) is 21.6 Å². The summed E-state index contributed by atoms with van der Waals surface area (Å²) in [6.45, 7) is 6.30. The molecular weight excluding hydrogens is 276 g/mol. The molecule has 0 saturated carbocycles. The van der Waals surface area contributed by atoms with Crippen molar-refractivity contribution in [1.82, 2.24) is 14.7 Å². The largest absolute Gasteiger partial charge is 0.379 e. The van der Waals surface area contributed by atoms with Crippen molar-refractivity contribution >= 4 is 17.3 Å². The third-order valence-corrected chi connectivity index (χ3v) is 3.91. The van der Waals surface area contributed by atoms with E-state index in [1.807, 2.05) is 0 Å². The quantitative estimate of drug-likeness (QED) is 0.831. The molecule has 0 spiro atoms. The maximum atomic E-state index is 12.2. The lowest BCUT2D eigenvalue weighted by Gasteiger charge is -2.15. The van der Waals surface area contributed by atoms with E-state index in [0.29, 0.717) is 16.6 Å². The maximum absolute atomic E-state index is 12.2. The fraction of sp³-hybridized carbons (Fsp3) is 0.571. The van der Waals surface area contributed by atoms with Gasteiger partial charge in [-0.05, 0) is 25.4 Å². The minimum Gasteiger partial charge on any atom is -0.379 e. The van der Waals surface area contributed by atoms with Crippen LogP contribution >= 0.6 is 11.6 Å². The van der Waals surface area contributed by atoms with Crippen LogP contribution in [0.5, 0.6) is 0 Å². The summed E-state index contributed by atoms with van der Waals surface area (Å²) in [5, 5.41) is 7.42. The predicted molar refractivity (Wildman–Crippen MR) is 81.1 cm³/mol. The third-order valence-electron chi connectivity index (χ3n) is 3.62. The zero-order chi connectivity index (χ0) is 14.5. The van der Waals surface area contributed by atoms with Gasteiger partial charge in [-0.2, -0.15) is 5.10 Å². The van der Waals surface area contributed by atoms with Crippen molar-refractivity contribution in [1.29, 1.82) is 0 Å². The Kier molecular flexibility index (Phi) is 5.05. The van der Waals surface area contributed by atoms with Crippen LogP contribution < -0.4 is 10.9 Å². The van der Waals surface area contributed by atoms with Crippen LogP contribution in [0.3, 0.4) is 0 Å². The molecule has 1 fully saturated rings. The predicted octanol–water partition coefficient (Wildman–Crippen LogP) is 1.28. The number of terminal acetylenes is 1. The number of hydrogen-bond acceptors (Lipinski definition) is 4.